The van der Waals surface area contributed by atoms with Crippen LogP contribution in [0, 0.1) is 12.8 Å². The van der Waals surface area contributed by atoms with E-state index in [1.54, 1.807) is 13.8 Å². The summed E-state index contributed by atoms with van der Waals surface area (Å²) in [6.45, 7) is 4.72. The lowest BCUT2D eigenvalue weighted by atomic mass is 9.73. The second kappa shape index (κ2) is 8.26. The predicted octanol–water partition coefficient (Wildman–Crippen LogP) is 4.68. The van der Waals surface area contributed by atoms with E-state index in [0.717, 1.165) is 16.8 Å². The molecule has 5 atom stereocenters. The first kappa shape index (κ1) is 24.5. The Labute approximate surface area is 190 Å². The van der Waals surface area contributed by atoms with Gasteiger partial charge < -0.3 is 15.2 Å². The van der Waals surface area contributed by atoms with Crippen molar-refractivity contribution in [2.75, 3.05) is 5.32 Å². The van der Waals surface area contributed by atoms with Crippen LogP contribution in [-0.4, -0.2) is 39.1 Å². The number of aliphatic hydroxyl groups is 1. The SMILES string of the molecule is Cc1cc(NC(=O)C2C3CC(O)C(O3)C2c2cn(C(C)C)nc2C(F)(F)F)cc(C(F)(F)F)c1. The number of hydrogen-bond acceptors (Lipinski definition) is 4. The number of hydrogen-bond donors (Lipinski definition) is 2. The summed E-state index contributed by atoms with van der Waals surface area (Å²) in [5.41, 5.74) is -2.31. The molecule has 2 bridgehead atoms. The van der Waals surface area contributed by atoms with E-state index in [0.29, 0.717) is 0 Å². The number of anilines is 1. The number of aryl methyl sites for hydroxylation is 1. The van der Waals surface area contributed by atoms with E-state index >= 15 is 0 Å². The number of amides is 1. The minimum atomic E-state index is -4.82. The Kier molecular flexibility index (Phi) is 5.96. The number of carbonyl (C=O) groups is 1. The molecule has 0 spiro atoms. The van der Waals surface area contributed by atoms with Gasteiger partial charge in [-0.05, 0) is 44.5 Å². The van der Waals surface area contributed by atoms with Crippen LogP contribution in [0.15, 0.2) is 24.4 Å². The van der Waals surface area contributed by atoms with Crippen LogP contribution in [-0.2, 0) is 21.9 Å². The number of rotatable bonds is 4. The zero-order valence-electron chi connectivity index (χ0n) is 18.4. The van der Waals surface area contributed by atoms with Gasteiger partial charge in [-0.1, -0.05) is 0 Å². The Bertz CT molecular complexity index is 1090. The van der Waals surface area contributed by atoms with E-state index in [1.807, 2.05) is 0 Å². The van der Waals surface area contributed by atoms with Gasteiger partial charge in [-0.25, -0.2) is 0 Å². The third-order valence-electron chi connectivity index (χ3n) is 6.22. The average molecular weight is 491 g/mol. The zero-order chi connectivity index (χ0) is 25.2. The number of aliphatic hydroxyl groups excluding tert-OH is 1. The topological polar surface area (TPSA) is 76.4 Å². The van der Waals surface area contributed by atoms with Crippen molar-refractivity contribution in [3.63, 3.8) is 0 Å². The molecule has 0 aliphatic carbocycles. The van der Waals surface area contributed by atoms with E-state index < -0.39 is 65.7 Å². The zero-order valence-corrected chi connectivity index (χ0v) is 18.4. The minimum Gasteiger partial charge on any atom is -0.390 e. The Morgan fingerprint density at radius 3 is 2.44 bits per heavy atom. The second-order valence-corrected chi connectivity index (χ2v) is 9.07. The van der Waals surface area contributed by atoms with Gasteiger partial charge in [-0.15, -0.1) is 0 Å². The second-order valence-electron chi connectivity index (χ2n) is 9.07. The first-order chi connectivity index (χ1) is 15.7. The number of ether oxygens (including phenoxy) is 1. The van der Waals surface area contributed by atoms with Crippen molar-refractivity contribution in [1.82, 2.24) is 9.78 Å². The first-order valence-electron chi connectivity index (χ1n) is 10.7. The van der Waals surface area contributed by atoms with Gasteiger partial charge in [0.1, 0.15) is 0 Å². The molecule has 2 saturated heterocycles. The third kappa shape index (κ3) is 4.40. The highest BCUT2D eigenvalue weighted by molar-refractivity contribution is 5.94. The molecule has 0 radical (unpaired) electrons. The van der Waals surface area contributed by atoms with Crippen LogP contribution in [0.2, 0.25) is 0 Å². The highest BCUT2D eigenvalue weighted by Gasteiger charge is 2.59. The highest BCUT2D eigenvalue weighted by atomic mass is 19.4. The van der Waals surface area contributed by atoms with Gasteiger partial charge in [0.15, 0.2) is 5.69 Å². The van der Waals surface area contributed by atoms with Crippen molar-refractivity contribution < 1.29 is 41.0 Å². The smallest absolute Gasteiger partial charge is 0.390 e. The number of alkyl halides is 6. The summed E-state index contributed by atoms with van der Waals surface area (Å²) in [7, 11) is 0. The van der Waals surface area contributed by atoms with Crippen molar-refractivity contribution >= 4 is 11.6 Å². The molecule has 12 heteroatoms. The van der Waals surface area contributed by atoms with Crippen LogP contribution in [0.4, 0.5) is 32.0 Å². The summed E-state index contributed by atoms with van der Waals surface area (Å²) in [6.07, 6.45) is -11.3. The summed E-state index contributed by atoms with van der Waals surface area (Å²) in [6, 6.07) is 2.62. The normalized spacial score (nSPS) is 27.0. The lowest BCUT2D eigenvalue weighted by molar-refractivity contribution is -0.143. The first-order valence-corrected chi connectivity index (χ1v) is 10.7. The fraction of sp³-hybridized carbons (Fsp3) is 0.545. The standard InChI is InChI=1S/C22H23F6N3O3/c1-9(2)31-8-13(19(30-31)22(26,27)28)16-17(15-7-14(32)18(16)34-15)20(33)29-12-5-10(3)4-11(6-12)21(23,24)25/h4-6,8-9,14-18,32H,7H2,1-3H3,(H,29,33). The van der Waals surface area contributed by atoms with Gasteiger partial charge in [0, 0.05) is 35.8 Å². The van der Waals surface area contributed by atoms with Gasteiger partial charge in [-0.2, -0.15) is 31.4 Å². The van der Waals surface area contributed by atoms with Gasteiger partial charge in [0.25, 0.3) is 0 Å². The predicted molar refractivity (Wildman–Crippen MR) is 108 cm³/mol. The minimum absolute atomic E-state index is 0.0283. The maximum atomic E-state index is 13.8. The maximum Gasteiger partial charge on any atom is 0.435 e. The van der Waals surface area contributed by atoms with E-state index in [1.165, 1.54) is 19.2 Å². The largest absolute Gasteiger partial charge is 0.435 e. The lowest BCUT2D eigenvalue weighted by Gasteiger charge is -2.30. The molecule has 2 N–H and O–H groups in total. The van der Waals surface area contributed by atoms with E-state index in [9.17, 15) is 36.2 Å². The van der Waals surface area contributed by atoms with Crippen molar-refractivity contribution in [2.45, 2.75) is 69.8 Å². The van der Waals surface area contributed by atoms with Crippen LogP contribution in [0.25, 0.3) is 0 Å². The molecule has 1 aromatic heterocycles. The van der Waals surface area contributed by atoms with Gasteiger partial charge in [-0.3, -0.25) is 9.48 Å². The number of nitrogens with zero attached hydrogens (tertiary/aromatic N) is 2. The molecule has 2 aromatic rings. The van der Waals surface area contributed by atoms with E-state index in [-0.39, 0.29) is 23.2 Å². The molecule has 2 fully saturated rings. The lowest BCUT2D eigenvalue weighted by Crippen LogP contribution is -2.41. The molecule has 0 saturated carbocycles. The summed E-state index contributed by atoms with van der Waals surface area (Å²) < 4.78 is 87.8. The highest BCUT2D eigenvalue weighted by Crippen LogP contribution is 2.51. The fourth-order valence-electron chi connectivity index (χ4n) is 4.79. The van der Waals surface area contributed by atoms with Crippen LogP contribution in [0.1, 0.15) is 54.6 Å². The summed E-state index contributed by atoms with van der Waals surface area (Å²) in [5, 5.41) is 16.4. The molecule has 2 aliphatic heterocycles. The van der Waals surface area contributed by atoms with Crippen LogP contribution in [0.5, 0.6) is 0 Å². The Morgan fingerprint density at radius 2 is 1.85 bits per heavy atom. The number of aromatic nitrogens is 2. The molecular weight excluding hydrogens is 468 g/mol. The molecule has 2 aliphatic rings. The van der Waals surface area contributed by atoms with Crippen LogP contribution in [0.3, 0.4) is 0 Å². The average Bonchev–Trinajstić information content (AvgIpc) is 3.37. The summed E-state index contributed by atoms with van der Waals surface area (Å²) in [5.74, 6) is -3.12. The Balaban J connectivity index is 1.72. The molecular formula is C22H23F6N3O3. The number of nitrogens with one attached hydrogen (secondary N) is 1. The van der Waals surface area contributed by atoms with E-state index in [2.05, 4.69) is 10.4 Å². The Morgan fingerprint density at radius 1 is 1.18 bits per heavy atom. The van der Waals surface area contributed by atoms with Gasteiger partial charge in [0.2, 0.25) is 5.91 Å². The molecule has 1 amide bonds. The van der Waals surface area contributed by atoms with Crippen LogP contribution >= 0.6 is 0 Å². The van der Waals surface area contributed by atoms with Crippen molar-refractivity contribution in [1.29, 1.82) is 0 Å². The van der Waals surface area contributed by atoms with Crippen LogP contribution < -0.4 is 5.32 Å². The molecule has 6 nitrogen and oxygen atoms in total. The van der Waals surface area contributed by atoms with Crippen molar-refractivity contribution in [2.24, 2.45) is 5.92 Å². The van der Waals surface area contributed by atoms with Crippen molar-refractivity contribution in [3.8, 4) is 0 Å². The molecule has 5 unspecified atom stereocenters. The van der Waals surface area contributed by atoms with E-state index in [4.69, 9.17) is 4.74 Å². The van der Waals surface area contributed by atoms with Gasteiger partial charge >= 0.3 is 12.4 Å². The third-order valence-corrected chi connectivity index (χ3v) is 6.22. The fourth-order valence-corrected chi connectivity index (χ4v) is 4.79. The number of carbonyl (C=O) groups excluding carboxylic acids is 1. The monoisotopic (exact) mass is 491 g/mol. The quantitative estimate of drug-likeness (QED) is 0.609. The number of benzene rings is 1. The Hall–Kier alpha value is -2.60. The number of halogens is 6. The molecule has 3 heterocycles. The van der Waals surface area contributed by atoms with Gasteiger partial charge in [0.05, 0.1) is 29.8 Å². The summed E-state index contributed by atoms with van der Waals surface area (Å²) in [4.78, 5) is 13.2. The molecule has 186 valence electrons. The maximum absolute atomic E-state index is 13.8. The summed E-state index contributed by atoms with van der Waals surface area (Å²) >= 11 is 0. The number of fused-ring (bicyclic) bond motifs is 2. The van der Waals surface area contributed by atoms with Crippen molar-refractivity contribution in [3.05, 3.63) is 46.8 Å². The molecule has 34 heavy (non-hydrogen) atoms. The molecule has 1 aromatic carbocycles. The molecule has 4 rings (SSSR count).